The fourth-order valence-corrected chi connectivity index (χ4v) is 4.06. The number of nitrogens with one attached hydrogen (secondary N) is 1. The first-order valence-electron chi connectivity index (χ1n) is 9.52. The summed E-state index contributed by atoms with van der Waals surface area (Å²) in [6.07, 6.45) is 1.82. The molecule has 27 heavy (non-hydrogen) atoms. The van der Waals surface area contributed by atoms with Crippen molar-refractivity contribution >= 4 is 16.7 Å². The van der Waals surface area contributed by atoms with Crippen LogP contribution in [0.15, 0.2) is 48.8 Å². The second-order valence-corrected chi connectivity index (χ2v) is 7.71. The molecule has 1 aromatic heterocycles. The van der Waals surface area contributed by atoms with Crippen molar-refractivity contribution in [3.05, 3.63) is 65.7 Å². The van der Waals surface area contributed by atoms with Gasteiger partial charge in [-0.25, -0.2) is 4.98 Å². The van der Waals surface area contributed by atoms with Gasteiger partial charge in [0.1, 0.15) is 0 Å². The molecule has 0 bridgehead atoms. The molecule has 0 unspecified atom stereocenters. The van der Waals surface area contributed by atoms with E-state index in [1.807, 2.05) is 31.8 Å². The Morgan fingerprint density at radius 1 is 1.22 bits per heavy atom. The van der Waals surface area contributed by atoms with Crippen molar-refractivity contribution in [2.45, 2.75) is 38.9 Å². The van der Waals surface area contributed by atoms with Crippen LogP contribution in [0.3, 0.4) is 0 Å². The van der Waals surface area contributed by atoms with E-state index in [2.05, 4.69) is 57.7 Å². The number of amides is 1. The minimum Gasteiger partial charge on any atom is -0.353 e. The highest BCUT2D eigenvalue weighted by Gasteiger charge is 2.34. The van der Waals surface area contributed by atoms with Gasteiger partial charge >= 0.3 is 0 Å². The number of hydrogen-bond donors (Lipinski definition) is 1. The smallest absolute Gasteiger partial charge is 0.230 e. The van der Waals surface area contributed by atoms with E-state index in [1.54, 1.807) is 0 Å². The van der Waals surface area contributed by atoms with Crippen LogP contribution in [-0.2, 0) is 24.9 Å². The predicted molar refractivity (Wildman–Crippen MR) is 107 cm³/mol. The number of benzene rings is 2. The molecule has 2 aromatic carbocycles. The summed E-state index contributed by atoms with van der Waals surface area (Å²) in [7, 11) is 1.97. The van der Waals surface area contributed by atoms with Crippen molar-refractivity contribution < 1.29 is 4.79 Å². The van der Waals surface area contributed by atoms with Gasteiger partial charge in [0, 0.05) is 32.7 Å². The van der Waals surface area contributed by atoms with Crippen molar-refractivity contribution in [3.8, 4) is 0 Å². The van der Waals surface area contributed by atoms with Gasteiger partial charge in [0.25, 0.3) is 0 Å². The summed E-state index contributed by atoms with van der Waals surface area (Å²) < 4.78 is 2.00. The van der Waals surface area contributed by atoms with E-state index in [-0.39, 0.29) is 17.9 Å². The fourth-order valence-electron chi connectivity index (χ4n) is 4.06. The summed E-state index contributed by atoms with van der Waals surface area (Å²) in [5, 5.41) is 5.60. The molecular formula is C22H26N4O. The van der Waals surface area contributed by atoms with Gasteiger partial charge in [-0.15, -0.1) is 0 Å². The van der Waals surface area contributed by atoms with Gasteiger partial charge in [-0.05, 0) is 30.2 Å². The largest absolute Gasteiger partial charge is 0.353 e. The SMILES string of the molecule is CC(C)NC(=O)[C@H]1CN(Cc2cccc3ccccc23)Cc2ncn(C)c21. The summed E-state index contributed by atoms with van der Waals surface area (Å²) in [6.45, 7) is 6.28. The van der Waals surface area contributed by atoms with Crippen LogP contribution in [0.5, 0.6) is 0 Å². The van der Waals surface area contributed by atoms with Crippen molar-refractivity contribution in [3.63, 3.8) is 0 Å². The van der Waals surface area contributed by atoms with E-state index in [4.69, 9.17) is 0 Å². The topological polar surface area (TPSA) is 50.2 Å². The Balaban J connectivity index is 1.64. The Morgan fingerprint density at radius 3 is 2.81 bits per heavy atom. The third-order valence-corrected chi connectivity index (χ3v) is 5.23. The molecule has 0 saturated carbocycles. The number of aromatic nitrogens is 2. The Kier molecular flexibility index (Phi) is 4.70. The number of fused-ring (bicyclic) bond motifs is 2. The zero-order valence-electron chi connectivity index (χ0n) is 16.1. The Labute approximate surface area is 160 Å². The normalized spacial score (nSPS) is 17.3. The lowest BCUT2D eigenvalue weighted by atomic mass is 9.95. The molecule has 4 rings (SSSR count). The van der Waals surface area contributed by atoms with Gasteiger partial charge < -0.3 is 9.88 Å². The second-order valence-electron chi connectivity index (χ2n) is 7.71. The van der Waals surface area contributed by atoms with Crippen LogP contribution in [0.2, 0.25) is 0 Å². The summed E-state index contributed by atoms with van der Waals surface area (Å²) in [6, 6.07) is 15.0. The first-order valence-corrected chi connectivity index (χ1v) is 9.52. The van der Waals surface area contributed by atoms with E-state index in [0.29, 0.717) is 6.54 Å². The predicted octanol–water partition coefficient (Wildman–Crippen LogP) is 3.20. The molecule has 1 amide bonds. The van der Waals surface area contributed by atoms with Crippen molar-refractivity contribution in [1.29, 1.82) is 0 Å². The van der Waals surface area contributed by atoms with E-state index >= 15 is 0 Å². The molecular weight excluding hydrogens is 336 g/mol. The zero-order chi connectivity index (χ0) is 19.0. The van der Waals surface area contributed by atoms with Gasteiger partial charge in [0.15, 0.2) is 0 Å². The summed E-state index contributed by atoms with van der Waals surface area (Å²) in [5.41, 5.74) is 3.34. The number of aryl methyl sites for hydroxylation is 1. The number of hydrogen-bond acceptors (Lipinski definition) is 3. The molecule has 1 atom stereocenters. The monoisotopic (exact) mass is 362 g/mol. The molecule has 0 radical (unpaired) electrons. The van der Waals surface area contributed by atoms with Crippen LogP contribution >= 0.6 is 0 Å². The standard InChI is InChI=1S/C22H26N4O/c1-15(2)24-22(27)19-12-26(13-20-21(19)25(3)14-23-20)11-17-9-6-8-16-7-4-5-10-18(16)17/h4-10,14-15,19H,11-13H2,1-3H3,(H,24,27)/t19-/m0/s1. The lowest BCUT2D eigenvalue weighted by Crippen LogP contribution is -2.43. The highest BCUT2D eigenvalue weighted by Crippen LogP contribution is 2.30. The molecule has 5 nitrogen and oxygen atoms in total. The van der Waals surface area contributed by atoms with E-state index in [1.165, 1.54) is 16.3 Å². The average molecular weight is 362 g/mol. The first-order chi connectivity index (χ1) is 13.0. The summed E-state index contributed by atoms with van der Waals surface area (Å²) in [4.78, 5) is 19.8. The lowest BCUT2D eigenvalue weighted by Gasteiger charge is -2.32. The van der Waals surface area contributed by atoms with E-state index < -0.39 is 0 Å². The molecule has 0 fully saturated rings. The highest BCUT2D eigenvalue weighted by atomic mass is 16.2. The van der Waals surface area contributed by atoms with Gasteiger partial charge in [0.05, 0.1) is 23.6 Å². The van der Waals surface area contributed by atoms with E-state index in [0.717, 1.165) is 24.5 Å². The maximum absolute atomic E-state index is 12.9. The van der Waals surface area contributed by atoms with Crippen LogP contribution < -0.4 is 5.32 Å². The minimum absolute atomic E-state index is 0.0810. The molecule has 0 saturated heterocycles. The molecule has 0 aliphatic carbocycles. The molecule has 1 N–H and O–H groups in total. The third-order valence-electron chi connectivity index (χ3n) is 5.23. The molecule has 5 heteroatoms. The Morgan fingerprint density at radius 2 is 2.00 bits per heavy atom. The van der Waals surface area contributed by atoms with Gasteiger partial charge in [-0.2, -0.15) is 0 Å². The molecule has 1 aliphatic heterocycles. The highest BCUT2D eigenvalue weighted by molar-refractivity contribution is 5.86. The van der Waals surface area contributed by atoms with E-state index in [9.17, 15) is 4.79 Å². The van der Waals surface area contributed by atoms with Crippen molar-refractivity contribution in [2.75, 3.05) is 6.54 Å². The first kappa shape index (κ1) is 17.7. The number of rotatable bonds is 4. The maximum atomic E-state index is 12.9. The average Bonchev–Trinajstić information content (AvgIpc) is 3.02. The van der Waals surface area contributed by atoms with Crippen LogP contribution in [0.1, 0.15) is 36.7 Å². The van der Waals surface area contributed by atoms with Gasteiger partial charge in [0.2, 0.25) is 5.91 Å². The summed E-state index contributed by atoms with van der Waals surface area (Å²) in [5.74, 6) is -0.115. The van der Waals surface area contributed by atoms with Gasteiger partial charge in [-0.1, -0.05) is 42.5 Å². The van der Waals surface area contributed by atoms with Crippen LogP contribution in [-0.4, -0.2) is 32.9 Å². The molecule has 140 valence electrons. The third kappa shape index (κ3) is 3.47. The van der Waals surface area contributed by atoms with Crippen molar-refractivity contribution in [2.24, 2.45) is 7.05 Å². The zero-order valence-corrected chi connectivity index (χ0v) is 16.1. The van der Waals surface area contributed by atoms with Crippen LogP contribution in [0.4, 0.5) is 0 Å². The minimum atomic E-state index is -0.196. The Bertz CT molecular complexity index is 970. The van der Waals surface area contributed by atoms with Gasteiger partial charge in [-0.3, -0.25) is 9.69 Å². The maximum Gasteiger partial charge on any atom is 0.230 e. The number of nitrogens with zero attached hydrogens (tertiary/aromatic N) is 3. The second kappa shape index (κ2) is 7.16. The van der Waals surface area contributed by atoms with Crippen LogP contribution in [0, 0.1) is 0 Å². The molecule has 1 aliphatic rings. The number of carbonyl (C=O) groups is 1. The number of imidazole rings is 1. The number of carbonyl (C=O) groups excluding carboxylic acids is 1. The molecule has 2 heterocycles. The van der Waals surface area contributed by atoms with Crippen LogP contribution in [0.25, 0.3) is 10.8 Å². The lowest BCUT2D eigenvalue weighted by molar-refractivity contribution is -0.124. The molecule has 3 aromatic rings. The Hall–Kier alpha value is -2.66. The van der Waals surface area contributed by atoms with Crippen molar-refractivity contribution in [1.82, 2.24) is 19.8 Å². The molecule has 0 spiro atoms. The fraction of sp³-hybridized carbons (Fsp3) is 0.364. The summed E-state index contributed by atoms with van der Waals surface area (Å²) >= 11 is 0. The quantitative estimate of drug-likeness (QED) is 0.775.